The molecule has 7 heteroatoms. The van der Waals surface area contributed by atoms with E-state index in [4.69, 9.17) is 4.55 Å². The van der Waals surface area contributed by atoms with Crippen LogP contribution in [0.1, 0.15) is 13.3 Å². The molecule has 0 aliphatic rings. The van der Waals surface area contributed by atoms with Crippen molar-refractivity contribution in [3.05, 3.63) is 12.7 Å². The molecule has 0 spiro atoms. The van der Waals surface area contributed by atoms with Gasteiger partial charge in [0.15, 0.2) is 0 Å². The maximum atomic E-state index is 10.6. The molecule has 0 saturated heterocycles. The lowest BCUT2D eigenvalue weighted by Gasteiger charge is -2.21. The zero-order valence-corrected chi connectivity index (χ0v) is 8.45. The Labute approximate surface area is 81.9 Å². The number of hydrogen-bond donors (Lipinski definition) is 2. The average Bonchev–Trinajstić information content (AvgIpc) is 1.99. The maximum Gasteiger partial charge on any atom is 0.332 e. The van der Waals surface area contributed by atoms with Gasteiger partial charge in [-0.2, -0.15) is 8.42 Å². The summed E-state index contributed by atoms with van der Waals surface area (Å²) in [5, 5.41) is 9.31. The molecule has 0 heterocycles. The summed E-state index contributed by atoms with van der Waals surface area (Å²) in [4.78, 5) is 10.6. The van der Waals surface area contributed by atoms with Crippen molar-refractivity contribution in [1.82, 2.24) is 0 Å². The molecule has 0 aromatic rings. The molecule has 0 bridgehead atoms. The summed E-state index contributed by atoms with van der Waals surface area (Å²) >= 11 is 0. The fraction of sp³-hybridized carbons (Fsp3) is 0.571. The summed E-state index contributed by atoms with van der Waals surface area (Å²) in [5.41, 5.74) is 0. The number of carbonyl (C=O) groups excluding carboxylic acids is 1. The van der Waals surface area contributed by atoms with Gasteiger partial charge in [0.25, 0.3) is 10.1 Å². The van der Waals surface area contributed by atoms with Gasteiger partial charge in [0.05, 0.1) is 5.75 Å². The predicted molar refractivity (Wildman–Crippen MR) is 47.9 cm³/mol. The number of aliphatic hydroxyl groups is 1. The van der Waals surface area contributed by atoms with E-state index in [0.29, 0.717) is 0 Å². The monoisotopic (exact) mass is 224 g/mol. The maximum absolute atomic E-state index is 10.6. The van der Waals surface area contributed by atoms with Crippen LogP contribution in [-0.2, 0) is 19.6 Å². The first kappa shape index (κ1) is 13.1. The van der Waals surface area contributed by atoms with Gasteiger partial charge >= 0.3 is 5.97 Å². The lowest BCUT2D eigenvalue weighted by atomic mass is 10.2. The van der Waals surface area contributed by atoms with Gasteiger partial charge in [0.1, 0.15) is 0 Å². The SMILES string of the molecule is C=CC(=O)OC(C)(O)CCS(=O)(=O)O. The normalized spacial score (nSPS) is 15.6. The largest absolute Gasteiger partial charge is 0.430 e. The van der Waals surface area contributed by atoms with Gasteiger partial charge in [-0.15, -0.1) is 0 Å². The average molecular weight is 224 g/mol. The molecule has 0 aliphatic carbocycles. The number of ether oxygens (including phenoxy) is 1. The highest BCUT2D eigenvalue weighted by atomic mass is 32.2. The Kier molecular flexibility index (Phi) is 4.24. The molecule has 0 aliphatic heterocycles. The van der Waals surface area contributed by atoms with Crippen LogP contribution >= 0.6 is 0 Å². The number of hydrogen-bond acceptors (Lipinski definition) is 5. The minimum atomic E-state index is -4.18. The van der Waals surface area contributed by atoms with E-state index in [9.17, 15) is 18.3 Å². The van der Waals surface area contributed by atoms with Crippen molar-refractivity contribution in [3.63, 3.8) is 0 Å². The smallest absolute Gasteiger partial charge is 0.332 e. The molecule has 82 valence electrons. The van der Waals surface area contributed by atoms with Crippen LogP contribution in [0.5, 0.6) is 0 Å². The fourth-order valence-electron chi connectivity index (χ4n) is 0.628. The Hall–Kier alpha value is -0.920. The van der Waals surface area contributed by atoms with Crippen LogP contribution in [0.25, 0.3) is 0 Å². The summed E-state index contributed by atoms with van der Waals surface area (Å²) in [6.07, 6.45) is 0.424. The third-order valence-corrected chi connectivity index (χ3v) is 2.03. The third kappa shape index (κ3) is 6.58. The topological polar surface area (TPSA) is 101 Å². The van der Waals surface area contributed by atoms with Crippen LogP contribution in [0.4, 0.5) is 0 Å². The molecule has 6 nitrogen and oxygen atoms in total. The number of esters is 1. The lowest BCUT2D eigenvalue weighted by Crippen LogP contribution is -2.33. The first-order chi connectivity index (χ1) is 6.16. The molecule has 0 aromatic heterocycles. The van der Waals surface area contributed by atoms with E-state index in [1.54, 1.807) is 0 Å². The van der Waals surface area contributed by atoms with E-state index in [2.05, 4.69) is 11.3 Å². The Morgan fingerprint density at radius 3 is 2.50 bits per heavy atom. The van der Waals surface area contributed by atoms with Crippen molar-refractivity contribution in [1.29, 1.82) is 0 Å². The van der Waals surface area contributed by atoms with Crippen molar-refractivity contribution >= 4 is 16.1 Å². The molecular weight excluding hydrogens is 212 g/mol. The number of carbonyl (C=O) groups is 1. The quantitative estimate of drug-likeness (QED) is 0.288. The Morgan fingerprint density at radius 1 is 1.64 bits per heavy atom. The highest BCUT2D eigenvalue weighted by molar-refractivity contribution is 7.85. The first-order valence-electron chi connectivity index (χ1n) is 3.69. The summed E-state index contributed by atoms with van der Waals surface area (Å²) in [6, 6.07) is 0. The van der Waals surface area contributed by atoms with Gasteiger partial charge in [-0.25, -0.2) is 4.79 Å². The summed E-state index contributed by atoms with van der Waals surface area (Å²) in [6.45, 7) is 4.21. The van der Waals surface area contributed by atoms with Crippen molar-refractivity contribution in [3.8, 4) is 0 Å². The third-order valence-electron chi connectivity index (χ3n) is 1.31. The van der Waals surface area contributed by atoms with Crippen LogP contribution in [0, 0.1) is 0 Å². The van der Waals surface area contributed by atoms with Gasteiger partial charge in [0.2, 0.25) is 5.79 Å². The van der Waals surface area contributed by atoms with E-state index in [1.807, 2.05) is 0 Å². The van der Waals surface area contributed by atoms with Crippen molar-refractivity contribution in [2.45, 2.75) is 19.1 Å². The van der Waals surface area contributed by atoms with Gasteiger partial charge in [0, 0.05) is 19.4 Å². The Balaban J connectivity index is 4.21. The van der Waals surface area contributed by atoms with E-state index >= 15 is 0 Å². The second kappa shape index (κ2) is 4.54. The molecular formula is C7H12O6S. The van der Waals surface area contributed by atoms with Gasteiger partial charge in [-0.05, 0) is 0 Å². The predicted octanol–water partition coefficient (Wildman–Crippen LogP) is -0.298. The number of rotatable bonds is 5. The summed E-state index contributed by atoms with van der Waals surface area (Å²) < 4.78 is 33.4. The minimum Gasteiger partial charge on any atom is -0.430 e. The minimum absolute atomic E-state index is 0.411. The van der Waals surface area contributed by atoms with Crippen LogP contribution in [0.3, 0.4) is 0 Å². The van der Waals surface area contributed by atoms with E-state index in [-0.39, 0.29) is 0 Å². The molecule has 0 amide bonds. The Bertz CT molecular complexity index is 315. The second-order valence-corrected chi connectivity index (χ2v) is 4.41. The molecule has 0 fully saturated rings. The molecule has 1 atom stereocenters. The summed E-state index contributed by atoms with van der Waals surface area (Å²) in [7, 11) is -4.18. The van der Waals surface area contributed by atoms with E-state index in [1.165, 1.54) is 0 Å². The van der Waals surface area contributed by atoms with Gasteiger partial charge < -0.3 is 9.84 Å². The van der Waals surface area contributed by atoms with Crippen LogP contribution < -0.4 is 0 Å². The first-order valence-corrected chi connectivity index (χ1v) is 5.30. The van der Waals surface area contributed by atoms with E-state index < -0.39 is 34.0 Å². The molecule has 1 unspecified atom stereocenters. The van der Waals surface area contributed by atoms with Crippen molar-refractivity contribution < 1.29 is 27.6 Å². The Morgan fingerprint density at radius 2 is 2.14 bits per heavy atom. The second-order valence-electron chi connectivity index (χ2n) is 2.84. The molecule has 0 rings (SSSR count). The molecule has 0 saturated carbocycles. The van der Waals surface area contributed by atoms with Gasteiger partial charge in [-0.3, -0.25) is 4.55 Å². The van der Waals surface area contributed by atoms with Crippen LogP contribution in [0.15, 0.2) is 12.7 Å². The zero-order valence-electron chi connectivity index (χ0n) is 7.63. The summed E-state index contributed by atoms with van der Waals surface area (Å²) in [5.74, 6) is -3.49. The highest BCUT2D eigenvalue weighted by Gasteiger charge is 2.26. The lowest BCUT2D eigenvalue weighted by molar-refractivity contribution is -0.197. The standard InChI is InChI=1S/C7H12O6S/c1-3-6(8)13-7(2,9)4-5-14(10,11)12/h3,9H,1,4-5H2,2H3,(H,10,11,12). The van der Waals surface area contributed by atoms with Crippen molar-refractivity contribution in [2.75, 3.05) is 5.75 Å². The van der Waals surface area contributed by atoms with Crippen molar-refractivity contribution in [2.24, 2.45) is 0 Å². The molecule has 0 radical (unpaired) electrons. The fourth-order valence-corrected chi connectivity index (χ4v) is 1.26. The van der Waals surface area contributed by atoms with Crippen LogP contribution in [0.2, 0.25) is 0 Å². The molecule has 2 N–H and O–H groups in total. The molecule has 0 aromatic carbocycles. The zero-order chi connectivity index (χ0) is 11.4. The van der Waals surface area contributed by atoms with E-state index in [0.717, 1.165) is 13.0 Å². The highest BCUT2D eigenvalue weighted by Crippen LogP contribution is 2.12. The van der Waals surface area contributed by atoms with Gasteiger partial charge in [-0.1, -0.05) is 6.58 Å². The van der Waals surface area contributed by atoms with Crippen LogP contribution in [-0.4, -0.2) is 35.6 Å². The molecule has 14 heavy (non-hydrogen) atoms.